The first-order valence-corrected chi connectivity index (χ1v) is 8.76. The Labute approximate surface area is 151 Å². The average Bonchev–Trinajstić information content (AvgIpc) is 3.01. The fourth-order valence-corrected chi connectivity index (χ4v) is 2.86. The van der Waals surface area contributed by atoms with Crippen molar-refractivity contribution in [2.45, 2.75) is 32.7 Å². The molecule has 2 aromatic heterocycles. The molecular formula is C23H26N2. The van der Waals surface area contributed by atoms with E-state index in [-0.39, 0.29) is 5.41 Å². The molecule has 0 radical (unpaired) electrons. The first-order valence-electron chi connectivity index (χ1n) is 8.76. The van der Waals surface area contributed by atoms with Crippen LogP contribution in [0.4, 0.5) is 0 Å². The van der Waals surface area contributed by atoms with E-state index in [1.54, 1.807) is 0 Å². The van der Waals surface area contributed by atoms with Crippen LogP contribution in [0.3, 0.4) is 0 Å². The van der Waals surface area contributed by atoms with Gasteiger partial charge in [-0.05, 0) is 47.7 Å². The molecule has 1 aromatic carbocycles. The third-order valence-corrected chi connectivity index (χ3v) is 4.36. The lowest BCUT2D eigenvalue weighted by atomic mass is 9.89. The molecule has 0 saturated heterocycles. The quantitative estimate of drug-likeness (QED) is 0.631. The van der Waals surface area contributed by atoms with Gasteiger partial charge in [-0.25, -0.2) is 0 Å². The molecule has 0 aliphatic heterocycles. The van der Waals surface area contributed by atoms with E-state index in [0.717, 1.165) is 18.8 Å². The lowest BCUT2D eigenvalue weighted by Crippen LogP contribution is -2.17. The van der Waals surface area contributed by atoms with Crippen LogP contribution in [0.5, 0.6) is 0 Å². The summed E-state index contributed by atoms with van der Waals surface area (Å²) in [5.41, 5.74) is 5.04. The summed E-state index contributed by atoms with van der Waals surface area (Å²) < 4.78 is 2.20. The molecule has 0 fully saturated rings. The van der Waals surface area contributed by atoms with Crippen molar-refractivity contribution >= 4 is 5.52 Å². The van der Waals surface area contributed by atoms with E-state index >= 15 is 0 Å². The molecule has 25 heavy (non-hydrogen) atoms. The molecule has 0 bridgehead atoms. The Morgan fingerprint density at radius 2 is 1.76 bits per heavy atom. The Bertz CT molecular complexity index is 902. The molecule has 3 aromatic rings. The Morgan fingerprint density at radius 1 is 1.00 bits per heavy atom. The zero-order valence-corrected chi connectivity index (χ0v) is 15.6. The van der Waals surface area contributed by atoms with Gasteiger partial charge in [-0.1, -0.05) is 63.1 Å². The number of aromatic nitrogens is 1. The second kappa shape index (κ2) is 7.17. The zero-order valence-electron chi connectivity index (χ0n) is 15.6. The fourth-order valence-electron chi connectivity index (χ4n) is 2.86. The van der Waals surface area contributed by atoms with Crippen molar-refractivity contribution in [2.75, 3.05) is 13.6 Å². The molecule has 0 aliphatic carbocycles. The fraction of sp³-hybridized carbons (Fsp3) is 0.304. The third-order valence-electron chi connectivity index (χ3n) is 4.36. The second-order valence-electron chi connectivity index (χ2n) is 7.64. The minimum absolute atomic E-state index is 0.145. The van der Waals surface area contributed by atoms with Gasteiger partial charge in [0.2, 0.25) is 0 Å². The van der Waals surface area contributed by atoms with Crippen molar-refractivity contribution in [2.24, 2.45) is 0 Å². The Balaban J connectivity index is 1.75. The normalized spacial score (nSPS) is 11.6. The molecule has 0 saturated carbocycles. The number of pyridine rings is 1. The van der Waals surface area contributed by atoms with Gasteiger partial charge in [0.05, 0.1) is 12.2 Å². The van der Waals surface area contributed by atoms with E-state index < -0.39 is 0 Å². The molecule has 2 heteroatoms. The zero-order chi connectivity index (χ0) is 17.9. The van der Waals surface area contributed by atoms with Crippen LogP contribution < -0.4 is 0 Å². The Morgan fingerprint density at radius 3 is 2.48 bits per heavy atom. The maximum atomic E-state index is 3.34. The van der Waals surface area contributed by atoms with Gasteiger partial charge in [0.15, 0.2) is 0 Å². The van der Waals surface area contributed by atoms with Gasteiger partial charge < -0.3 is 4.40 Å². The van der Waals surface area contributed by atoms with E-state index in [2.05, 4.69) is 104 Å². The molecule has 0 N–H and O–H groups in total. The summed E-state index contributed by atoms with van der Waals surface area (Å²) in [7, 11) is 2.11. The summed E-state index contributed by atoms with van der Waals surface area (Å²) in [6.07, 6.45) is 2.22. The predicted octanol–water partition coefficient (Wildman–Crippen LogP) is 4.72. The highest BCUT2D eigenvalue weighted by molar-refractivity contribution is 5.55. The lowest BCUT2D eigenvalue weighted by molar-refractivity contribution is 0.369. The Kier molecular flexibility index (Phi) is 4.97. The molecular weight excluding hydrogens is 304 g/mol. The first-order chi connectivity index (χ1) is 11.9. The van der Waals surface area contributed by atoms with E-state index in [1.165, 1.54) is 16.6 Å². The van der Waals surface area contributed by atoms with Crippen molar-refractivity contribution in [3.63, 3.8) is 0 Å². The van der Waals surface area contributed by atoms with Crippen LogP contribution >= 0.6 is 0 Å². The van der Waals surface area contributed by atoms with Crippen molar-refractivity contribution in [1.82, 2.24) is 9.30 Å². The standard InChI is InChI=1S/C23H26N2/c1-23(2,3)20-16-22-13-8-12-21(25(22)18-20)14-9-15-24(4)17-19-10-6-5-7-11-19/h5-8,10-13,16,18H,15,17H2,1-4H3. The molecule has 0 atom stereocenters. The summed E-state index contributed by atoms with van der Waals surface area (Å²) >= 11 is 0. The predicted molar refractivity (Wildman–Crippen MR) is 106 cm³/mol. The van der Waals surface area contributed by atoms with Gasteiger partial charge in [-0.3, -0.25) is 4.90 Å². The van der Waals surface area contributed by atoms with Gasteiger partial charge in [0.25, 0.3) is 0 Å². The van der Waals surface area contributed by atoms with Crippen LogP contribution in [0.2, 0.25) is 0 Å². The largest absolute Gasteiger partial charge is 0.310 e. The van der Waals surface area contributed by atoms with Crippen LogP contribution in [0.1, 0.15) is 37.6 Å². The number of hydrogen-bond donors (Lipinski definition) is 0. The summed E-state index contributed by atoms with van der Waals surface area (Å²) in [4.78, 5) is 2.23. The van der Waals surface area contributed by atoms with Gasteiger partial charge in [-0.15, -0.1) is 0 Å². The van der Waals surface area contributed by atoms with Gasteiger partial charge in [0, 0.05) is 18.3 Å². The van der Waals surface area contributed by atoms with Crippen molar-refractivity contribution in [3.8, 4) is 11.8 Å². The minimum Gasteiger partial charge on any atom is -0.310 e. The number of fused-ring (bicyclic) bond motifs is 1. The number of rotatable bonds is 3. The van der Waals surface area contributed by atoms with Crippen LogP contribution in [-0.2, 0) is 12.0 Å². The van der Waals surface area contributed by atoms with Crippen LogP contribution in [0.25, 0.3) is 5.52 Å². The summed E-state index contributed by atoms with van der Waals surface area (Å²) in [5.74, 6) is 6.66. The highest BCUT2D eigenvalue weighted by atomic mass is 15.1. The lowest BCUT2D eigenvalue weighted by Gasteiger charge is -2.15. The van der Waals surface area contributed by atoms with Crippen molar-refractivity contribution < 1.29 is 0 Å². The van der Waals surface area contributed by atoms with Crippen LogP contribution in [-0.4, -0.2) is 22.9 Å². The van der Waals surface area contributed by atoms with Gasteiger partial charge in [-0.2, -0.15) is 0 Å². The van der Waals surface area contributed by atoms with E-state index in [4.69, 9.17) is 0 Å². The molecule has 0 spiro atoms. The SMILES string of the molecule is CN(CC#Cc1cccc2cc(C(C)(C)C)cn12)Cc1ccccc1. The highest BCUT2D eigenvalue weighted by Gasteiger charge is 2.16. The van der Waals surface area contributed by atoms with Gasteiger partial charge >= 0.3 is 0 Å². The first kappa shape index (κ1) is 17.3. The summed E-state index contributed by atoms with van der Waals surface area (Å²) in [5, 5.41) is 0. The van der Waals surface area contributed by atoms with E-state index in [0.29, 0.717) is 0 Å². The highest BCUT2D eigenvalue weighted by Crippen LogP contribution is 2.25. The summed E-state index contributed by atoms with van der Waals surface area (Å²) in [6.45, 7) is 8.39. The molecule has 0 amide bonds. The molecule has 0 unspecified atom stereocenters. The minimum atomic E-state index is 0.145. The van der Waals surface area contributed by atoms with Crippen LogP contribution in [0, 0.1) is 11.8 Å². The molecule has 3 rings (SSSR count). The number of benzene rings is 1. The summed E-state index contributed by atoms with van der Waals surface area (Å²) in [6, 6.07) is 19.1. The van der Waals surface area contributed by atoms with Crippen molar-refractivity contribution in [1.29, 1.82) is 0 Å². The molecule has 0 aliphatic rings. The van der Waals surface area contributed by atoms with E-state index in [1.807, 2.05) is 6.07 Å². The molecule has 2 nitrogen and oxygen atoms in total. The monoisotopic (exact) mass is 330 g/mol. The third kappa shape index (κ3) is 4.32. The van der Waals surface area contributed by atoms with E-state index in [9.17, 15) is 0 Å². The second-order valence-corrected chi connectivity index (χ2v) is 7.64. The van der Waals surface area contributed by atoms with Crippen LogP contribution in [0.15, 0.2) is 60.8 Å². The average molecular weight is 330 g/mol. The van der Waals surface area contributed by atoms with Gasteiger partial charge in [0.1, 0.15) is 0 Å². The maximum absolute atomic E-state index is 3.34. The van der Waals surface area contributed by atoms with Crippen molar-refractivity contribution in [3.05, 3.63) is 77.6 Å². The number of nitrogens with zero attached hydrogens (tertiary/aromatic N) is 2. The maximum Gasteiger partial charge on any atom is 0.0965 e. The smallest absolute Gasteiger partial charge is 0.0965 e. The molecule has 128 valence electrons. The Hall–Kier alpha value is -2.50. The topological polar surface area (TPSA) is 7.65 Å². The molecule has 2 heterocycles. The number of hydrogen-bond acceptors (Lipinski definition) is 1.